The SMILES string of the molecule is C#CC(CC)NCCC(=O)NC. The molecule has 0 saturated carbocycles. The number of carbonyl (C=O) groups excluding carboxylic acids is 1. The van der Waals surface area contributed by atoms with Crippen LogP contribution in [0.25, 0.3) is 0 Å². The lowest BCUT2D eigenvalue weighted by Crippen LogP contribution is -2.31. The quantitative estimate of drug-likeness (QED) is 0.573. The molecule has 68 valence electrons. The molecule has 1 atom stereocenters. The zero-order valence-electron chi connectivity index (χ0n) is 7.68. The Hall–Kier alpha value is -1.01. The summed E-state index contributed by atoms with van der Waals surface area (Å²) in [7, 11) is 1.63. The molecular weight excluding hydrogens is 152 g/mol. The van der Waals surface area contributed by atoms with Crippen LogP contribution in [0.15, 0.2) is 0 Å². The van der Waals surface area contributed by atoms with Crippen molar-refractivity contribution >= 4 is 5.91 Å². The second-order valence-corrected chi connectivity index (χ2v) is 2.50. The number of nitrogens with one attached hydrogen (secondary N) is 2. The van der Waals surface area contributed by atoms with Crippen molar-refractivity contribution in [3.05, 3.63) is 0 Å². The average molecular weight is 168 g/mol. The zero-order chi connectivity index (χ0) is 9.40. The number of hydrogen-bond acceptors (Lipinski definition) is 2. The maximum atomic E-state index is 10.8. The number of hydrogen-bond donors (Lipinski definition) is 2. The average Bonchev–Trinajstić information content (AvgIpc) is 2.12. The van der Waals surface area contributed by atoms with Crippen molar-refractivity contribution < 1.29 is 4.79 Å². The number of amides is 1. The maximum absolute atomic E-state index is 10.8. The molecule has 0 saturated heterocycles. The molecule has 0 aromatic carbocycles. The number of carbonyl (C=O) groups is 1. The molecule has 0 aliphatic heterocycles. The summed E-state index contributed by atoms with van der Waals surface area (Å²) < 4.78 is 0. The van der Waals surface area contributed by atoms with Crippen LogP contribution in [-0.2, 0) is 4.79 Å². The summed E-state index contributed by atoms with van der Waals surface area (Å²) in [5.41, 5.74) is 0. The van der Waals surface area contributed by atoms with Crippen LogP contribution < -0.4 is 10.6 Å². The Labute approximate surface area is 73.9 Å². The van der Waals surface area contributed by atoms with Gasteiger partial charge in [-0.05, 0) is 6.42 Å². The van der Waals surface area contributed by atoms with Gasteiger partial charge in [0.1, 0.15) is 0 Å². The van der Waals surface area contributed by atoms with E-state index in [2.05, 4.69) is 16.6 Å². The van der Waals surface area contributed by atoms with E-state index in [4.69, 9.17) is 6.42 Å². The predicted molar refractivity (Wildman–Crippen MR) is 49.6 cm³/mol. The largest absolute Gasteiger partial charge is 0.359 e. The van der Waals surface area contributed by atoms with Crippen molar-refractivity contribution in [1.82, 2.24) is 10.6 Å². The minimum absolute atomic E-state index is 0.0365. The summed E-state index contributed by atoms with van der Waals surface area (Å²) in [6.07, 6.45) is 6.59. The zero-order valence-corrected chi connectivity index (χ0v) is 7.68. The molecular formula is C9H16N2O. The van der Waals surface area contributed by atoms with Gasteiger partial charge >= 0.3 is 0 Å². The van der Waals surface area contributed by atoms with Crippen LogP contribution in [0.5, 0.6) is 0 Å². The first-order valence-corrected chi connectivity index (χ1v) is 4.14. The van der Waals surface area contributed by atoms with Crippen LogP contribution in [-0.4, -0.2) is 25.5 Å². The van der Waals surface area contributed by atoms with Crippen LogP contribution in [0.4, 0.5) is 0 Å². The molecule has 0 bridgehead atoms. The first-order valence-electron chi connectivity index (χ1n) is 4.14. The van der Waals surface area contributed by atoms with Gasteiger partial charge in [-0.3, -0.25) is 4.79 Å². The van der Waals surface area contributed by atoms with Crippen molar-refractivity contribution in [3.63, 3.8) is 0 Å². The summed E-state index contributed by atoms with van der Waals surface area (Å²) in [5, 5.41) is 5.63. The van der Waals surface area contributed by atoms with Gasteiger partial charge in [0.15, 0.2) is 0 Å². The molecule has 0 aliphatic carbocycles. The van der Waals surface area contributed by atoms with Gasteiger partial charge in [0.25, 0.3) is 0 Å². The van der Waals surface area contributed by atoms with Crippen LogP contribution >= 0.6 is 0 Å². The Morgan fingerprint density at radius 3 is 2.75 bits per heavy atom. The highest BCUT2D eigenvalue weighted by Crippen LogP contribution is 1.87. The maximum Gasteiger partial charge on any atom is 0.221 e. The van der Waals surface area contributed by atoms with Crippen LogP contribution in [0.1, 0.15) is 19.8 Å². The van der Waals surface area contributed by atoms with E-state index in [1.165, 1.54) is 0 Å². The fourth-order valence-electron chi connectivity index (χ4n) is 0.806. The molecule has 12 heavy (non-hydrogen) atoms. The second kappa shape index (κ2) is 6.68. The summed E-state index contributed by atoms with van der Waals surface area (Å²) >= 11 is 0. The monoisotopic (exact) mass is 168 g/mol. The van der Waals surface area contributed by atoms with E-state index in [1.807, 2.05) is 6.92 Å². The smallest absolute Gasteiger partial charge is 0.221 e. The van der Waals surface area contributed by atoms with E-state index < -0.39 is 0 Å². The molecule has 3 heteroatoms. The lowest BCUT2D eigenvalue weighted by molar-refractivity contribution is -0.120. The third kappa shape index (κ3) is 4.75. The lowest BCUT2D eigenvalue weighted by atomic mass is 10.2. The highest BCUT2D eigenvalue weighted by Gasteiger charge is 2.01. The Bertz CT molecular complexity index is 172. The first kappa shape index (κ1) is 11.0. The van der Waals surface area contributed by atoms with E-state index in [1.54, 1.807) is 7.05 Å². The van der Waals surface area contributed by atoms with Crippen molar-refractivity contribution in [2.75, 3.05) is 13.6 Å². The molecule has 0 spiro atoms. The molecule has 2 N–H and O–H groups in total. The van der Waals surface area contributed by atoms with Crippen LogP contribution in [0, 0.1) is 12.3 Å². The molecule has 0 aliphatic rings. The van der Waals surface area contributed by atoms with Gasteiger partial charge < -0.3 is 10.6 Å². The molecule has 1 unspecified atom stereocenters. The summed E-state index contributed by atoms with van der Waals surface area (Å²) in [6, 6.07) is 0.0923. The molecule has 0 rings (SSSR count). The van der Waals surface area contributed by atoms with E-state index in [0.717, 1.165) is 6.42 Å². The fraction of sp³-hybridized carbons (Fsp3) is 0.667. The first-order chi connectivity index (χ1) is 5.74. The topological polar surface area (TPSA) is 41.1 Å². The van der Waals surface area contributed by atoms with Crippen LogP contribution in [0.3, 0.4) is 0 Å². The molecule has 0 heterocycles. The van der Waals surface area contributed by atoms with Gasteiger partial charge in [-0.2, -0.15) is 0 Å². The molecule has 0 radical (unpaired) electrons. The Balaban J connectivity index is 3.43. The highest BCUT2D eigenvalue weighted by molar-refractivity contribution is 5.75. The number of terminal acetylenes is 1. The van der Waals surface area contributed by atoms with Gasteiger partial charge in [-0.25, -0.2) is 0 Å². The van der Waals surface area contributed by atoms with E-state index in [-0.39, 0.29) is 11.9 Å². The summed E-state index contributed by atoms with van der Waals surface area (Å²) in [6.45, 7) is 2.65. The van der Waals surface area contributed by atoms with Gasteiger partial charge in [-0.1, -0.05) is 12.8 Å². The fourth-order valence-corrected chi connectivity index (χ4v) is 0.806. The third-order valence-corrected chi connectivity index (χ3v) is 1.63. The second-order valence-electron chi connectivity index (χ2n) is 2.50. The minimum Gasteiger partial charge on any atom is -0.359 e. The molecule has 0 aromatic heterocycles. The van der Waals surface area contributed by atoms with Crippen molar-refractivity contribution in [3.8, 4) is 12.3 Å². The standard InChI is InChI=1S/C9H16N2O/c1-4-8(5-2)11-7-6-9(12)10-3/h1,8,11H,5-7H2,2-3H3,(H,10,12). The van der Waals surface area contributed by atoms with Gasteiger partial charge in [0, 0.05) is 20.0 Å². The predicted octanol–water partition coefficient (Wildman–Crippen LogP) is 0.124. The van der Waals surface area contributed by atoms with Gasteiger partial charge in [0.2, 0.25) is 5.91 Å². The van der Waals surface area contributed by atoms with E-state index in [0.29, 0.717) is 13.0 Å². The Morgan fingerprint density at radius 1 is 1.67 bits per heavy atom. The summed E-state index contributed by atoms with van der Waals surface area (Å²) in [5.74, 6) is 2.64. The van der Waals surface area contributed by atoms with Crippen molar-refractivity contribution in [1.29, 1.82) is 0 Å². The van der Waals surface area contributed by atoms with Crippen molar-refractivity contribution in [2.24, 2.45) is 0 Å². The van der Waals surface area contributed by atoms with E-state index >= 15 is 0 Å². The van der Waals surface area contributed by atoms with Crippen molar-refractivity contribution in [2.45, 2.75) is 25.8 Å². The van der Waals surface area contributed by atoms with Gasteiger partial charge in [0.05, 0.1) is 6.04 Å². The van der Waals surface area contributed by atoms with Crippen LogP contribution in [0.2, 0.25) is 0 Å². The number of rotatable bonds is 5. The highest BCUT2D eigenvalue weighted by atomic mass is 16.1. The van der Waals surface area contributed by atoms with E-state index in [9.17, 15) is 4.79 Å². The Morgan fingerprint density at radius 2 is 2.33 bits per heavy atom. The molecule has 0 aromatic rings. The minimum atomic E-state index is 0.0365. The Kier molecular flexibility index (Phi) is 6.12. The molecule has 0 fully saturated rings. The lowest BCUT2D eigenvalue weighted by Gasteiger charge is -2.09. The summed E-state index contributed by atoms with van der Waals surface area (Å²) in [4.78, 5) is 10.8. The molecule has 1 amide bonds. The van der Waals surface area contributed by atoms with Gasteiger partial charge in [-0.15, -0.1) is 6.42 Å². The molecule has 3 nitrogen and oxygen atoms in total. The normalized spacial score (nSPS) is 11.8. The third-order valence-electron chi connectivity index (χ3n) is 1.63.